The fourth-order valence-corrected chi connectivity index (χ4v) is 1.90. The van der Waals surface area contributed by atoms with E-state index in [9.17, 15) is 4.79 Å². The second-order valence-corrected chi connectivity index (χ2v) is 3.52. The molecular formula is C10H15N3O. The quantitative estimate of drug-likeness (QED) is 0.679. The largest absolute Gasteiger partial charge is 0.367 e. The molecule has 0 aromatic rings. The Labute approximate surface area is 83.7 Å². The van der Waals surface area contributed by atoms with Gasteiger partial charge in [-0.3, -0.25) is 4.79 Å². The first-order chi connectivity index (χ1) is 6.83. The summed E-state index contributed by atoms with van der Waals surface area (Å²) < 4.78 is 0. The summed E-state index contributed by atoms with van der Waals surface area (Å²) >= 11 is 0. The minimum Gasteiger partial charge on any atom is -0.367 e. The first kappa shape index (κ1) is 9.40. The first-order valence-electron chi connectivity index (χ1n) is 5.10. The Kier molecular flexibility index (Phi) is 2.63. The summed E-state index contributed by atoms with van der Waals surface area (Å²) in [5.41, 5.74) is 1.91. The third-order valence-electron chi connectivity index (χ3n) is 2.68. The monoisotopic (exact) mass is 193 g/mol. The van der Waals surface area contributed by atoms with E-state index in [1.807, 2.05) is 6.92 Å². The summed E-state index contributed by atoms with van der Waals surface area (Å²) in [5, 5.41) is 3.29. The van der Waals surface area contributed by atoms with Gasteiger partial charge in [-0.15, -0.1) is 0 Å². The molecule has 2 aliphatic rings. The number of piperazine rings is 1. The highest BCUT2D eigenvalue weighted by Gasteiger charge is 2.22. The molecule has 0 spiro atoms. The van der Waals surface area contributed by atoms with Gasteiger partial charge in [0.25, 0.3) is 5.91 Å². The maximum absolute atomic E-state index is 11.4. The van der Waals surface area contributed by atoms with Crippen molar-refractivity contribution in [3.05, 3.63) is 11.3 Å². The number of hydrogen-bond acceptors (Lipinski definition) is 3. The van der Waals surface area contributed by atoms with Crippen molar-refractivity contribution in [1.82, 2.24) is 10.2 Å². The van der Waals surface area contributed by atoms with Gasteiger partial charge < -0.3 is 10.2 Å². The average Bonchev–Trinajstić information content (AvgIpc) is 2.61. The maximum atomic E-state index is 11.4. The second-order valence-electron chi connectivity index (χ2n) is 3.52. The number of carbonyl (C=O) groups is 1. The van der Waals surface area contributed by atoms with E-state index in [1.54, 1.807) is 6.21 Å². The fraction of sp³-hybridized carbons (Fsp3) is 0.600. The molecule has 0 bridgehead atoms. The van der Waals surface area contributed by atoms with Crippen molar-refractivity contribution in [1.29, 1.82) is 0 Å². The van der Waals surface area contributed by atoms with Crippen LogP contribution < -0.4 is 5.32 Å². The van der Waals surface area contributed by atoms with Gasteiger partial charge in [-0.05, 0) is 6.42 Å². The number of allylic oxidation sites excluding steroid dienone is 1. The Hall–Kier alpha value is -1.16. The molecule has 0 unspecified atom stereocenters. The van der Waals surface area contributed by atoms with E-state index in [2.05, 4.69) is 15.2 Å². The minimum atomic E-state index is -0.0546. The number of nitrogens with one attached hydrogen (secondary N) is 1. The molecule has 76 valence electrons. The highest BCUT2D eigenvalue weighted by molar-refractivity contribution is 6.10. The maximum Gasteiger partial charge on any atom is 0.275 e. The molecule has 0 atom stereocenters. The number of aliphatic imine (C=N–C) groups is 1. The zero-order valence-corrected chi connectivity index (χ0v) is 8.42. The van der Waals surface area contributed by atoms with E-state index < -0.39 is 0 Å². The normalized spacial score (nSPS) is 22.4. The lowest BCUT2D eigenvalue weighted by Gasteiger charge is -2.29. The molecule has 0 aliphatic carbocycles. The van der Waals surface area contributed by atoms with Crippen LogP contribution in [0.3, 0.4) is 0 Å². The summed E-state index contributed by atoms with van der Waals surface area (Å²) in [6, 6.07) is 0. The molecule has 1 N–H and O–H groups in total. The van der Waals surface area contributed by atoms with Gasteiger partial charge in [0, 0.05) is 31.8 Å². The van der Waals surface area contributed by atoms with Crippen LogP contribution in [0.4, 0.5) is 0 Å². The molecule has 4 heteroatoms. The Morgan fingerprint density at radius 1 is 1.50 bits per heavy atom. The minimum absolute atomic E-state index is 0.0546. The van der Waals surface area contributed by atoms with Crippen LogP contribution in [0.15, 0.2) is 16.3 Å². The van der Waals surface area contributed by atoms with Crippen LogP contribution in [0.5, 0.6) is 0 Å². The molecule has 2 heterocycles. The topological polar surface area (TPSA) is 44.7 Å². The fourth-order valence-electron chi connectivity index (χ4n) is 1.90. The van der Waals surface area contributed by atoms with Crippen molar-refractivity contribution in [2.75, 3.05) is 26.2 Å². The summed E-state index contributed by atoms with van der Waals surface area (Å²) in [5.74, 6) is -0.0546. The lowest BCUT2D eigenvalue weighted by atomic mass is 10.1. The van der Waals surface area contributed by atoms with Crippen molar-refractivity contribution in [3.8, 4) is 0 Å². The zero-order valence-electron chi connectivity index (χ0n) is 8.42. The Balaban J connectivity index is 2.18. The molecule has 14 heavy (non-hydrogen) atoms. The number of hydrogen-bond donors (Lipinski definition) is 1. The van der Waals surface area contributed by atoms with E-state index in [4.69, 9.17) is 0 Å². The van der Waals surface area contributed by atoms with Crippen LogP contribution >= 0.6 is 0 Å². The predicted octanol–water partition coefficient (Wildman–Crippen LogP) is 0.167. The molecule has 4 nitrogen and oxygen atoms in total. The number of amides is 1. The standard InChI is InChI=1S/C10H15N3O/c1-2-8-9(7-12-10(8)14)13-5-3-11-4-6-13/h7,11H,2-6H2,1H3. The molecule has 0 aromatic heterocycles. The van der Waals surface area contributed by atoms with E-state index >= 15 is 0 Å². The van der Waals surface area contributed by atoms with Crippen LogP contribution in [-0.4, -0.2) is 43.2 Å². The van der Waals surface area contributed by atoms with Crippen molar-refractivity contribution in [3.63, 3.8) is 0 Å². The first-order valence-corrected chi connectivity index (χ1v) is 5.10. The molecule has 2 rings (SSSR count). The molecule has 1 fully saturated rings. The van der Waals surface area contributed by atoms with Crippen LogP contribution in [-0.2, 0) is 4.79 Å². The van der Waals surface area contributed by atoms with Crippen LogP contribution in [0.1, 0.15) is 13.3 Å². The van der Waals surface area contributed by atoms with E-state index in [0.29, 0.717) is 0 Å². The van der Waals surface area contributed by atoms with Crippen LogP contribution in [0.2, 0.25) is 0 Å². The lowest BCUT2D eigenvalue weighted by molar-refractivity contribution is -0.114. The molecular weight excluding hydrogens is 178 g/mol. The van der Waals surface area contributed by atoms with Gasteiger partial charge in [-0.25, -0.2) is 4.99 Å². The summed E-state index contributed by atoms with van der Waals surface area (Å²) in [6.07, 6.45) is 2.49. The van der Waals surface area contributed by atoms with E-state index in [1.165, 1.54) is 0 Å². The molecule has 0 saturated carbocycles. The van der Waals surface area contributed by atoms with Gasteiger partial charge in [-0.1, -0.05) is 6.92 Å². The Morgan fingerprint density at radius 2 is 2.21 bits per heavy atom. The third kappa shape index (κ3) is 1.57. The highest BCUT2D eigenvalue weighted by atomic mass is 16.1. The van der Waals surface area contributed by atoms with E-state index in [-0.39, 0.29) is 5.91 Å². The molecule has 0 radical (unpaired) electrons. The zero-order chi connectivity index (χ0) is 9.97. The van der Waals surface area contributed by atoms with Gasteiger partial charge >= 0.3 is 0 Å². The predicted molar refractivity (Wildman–Crippen MR) is 55.3 cm³/mol. The van der Waals surface area contributed by atoms with Crippen LogP contribution in [0.25, 0.3) is 0 Å². The SMILES string of the molecule is CCC1=C(N2CCNCC2)C=NC1=O. The van der Waals surface area contributed by atoms with Crippen molar-refractivity contribution in [2.45, 2.75) is 13.3 Å². The Bertz CT molecular complexity index is 300. The highest BCUT2D eigenvalue weighted by Crippen LogP contribution is 2.18. The molecule has 0 aromatic carbocycles. The number of rotatable bonds is 2. The Morgan fingerprint density at radius 3 is 2.86 bits per heavy atom. The smallest absolute Gasteiger partial charge is 0.275 e. The molecule has 2 aliphatic heterocycles. The van der Waals surface area contributed by atoms with Gasteiger partial charge in [-0.2, -0.15) is 0 Å². The molecule has 1 saturated heterocycles. The molecule has 1 amide bonds. The van der Waals surface area contributed by atoms with Crippen molar-refractivity contribution < 1.29 is 4.79 Å². The summed E-state index contributed by atoms with van der Waals surface area (Å²) in [4.78, 5) is 17.4. The second kappa shape index (κ2) is 3.92. The van der Waals surface area contributed by atoms with Gasteiger partial charge in [0.1, 0.15) is 0 Å². The summed E-state index contributed by atoms with van der Waals surface area (Å²) in [6.45, 7) is 5.92. The van der Waals surface area contributed by atoms with Crippen molar-refractivity contribution in [2.24, 2.45) is 4.99 Å². The summed E-state index contributed by atoms with van der Waals surface area (Å²) in [7, 11) is 0. The lowest BCUT2D eigenvalue weighted by Crippen LogP contribution is -2.43. The third-order valence-corrected chi connectivity index (χ3v) is 2.68. The van der Waals surface area contributed by atoms with Gasteiger partial charge in [0.2, 0.25) is 0 Å². The van der Waals surface area contributed by atoms with E-state index in [0.717, 1.165) is 43.9 Å². The number of nitrogens with zero attached hydrogens (tertiary/aromatic N) is 2. The van der Waals surface area contributed by atoms with Gasteiger partial charge in [0.15, 0.2) is 0 Å². The van der Waals surface area contributed by atoms with Crippen molar-refractivity contribution >= 4 is 12.1 Å². The van der Waals surface area contributed by atoms with Crippen LogP contribution in [0, 0.1) is 0 Å². The average molecular weight is 193 g/mol. The van der Waals surface area contributed by atoms with Gasteiger partial charge in [0.05, 0.1) is 11.9 Å². The number of carbonyl (C=O) groups excluding carboxylic acids is 1.